The summed E-state index contributed by atoms with van der Waals surface area (Å²) in [6, 6.07) is 14.8. The molecule has 0 aliphatic carbocycles. The lowest BCUT2D eigenvalue weighted by Crippen LogP contribution is -2.22. The summed E-state index contributed by atoms with van der Waals surface area (Å²) in [7, 11) is 0. The minimum Gasteiger partial charge on any atom is -0.479 e. The van der Waals surface area contributed by atoms with Gasteiger partial charge in [0.05, 0.1) is 0 Å². The number of hydrogen-bond donors (Lipinski definition) is 2. The van der Waals surface area contributed by atoms with Gasteiger partial charge in [0.1, 0.15) is 5.75 Å². The first-order valence-corrected chi connectivity index (χ1v) is 6.90. The normalized spacial score (nSPS) is 11.7. The average molecular weight is 306 g/mol. The van der Waals surface area contributed by atoms with E-state index in [0.717, 1.165) is 11.3 Å². The van der Waals surface area contributed by atoms with E-state index in [0.29, 0.717) is 17.3 Å². The summed E-state index contributed by atoms with van der Waals surface area (Å²) in [4.78, 5) is 10.7. The number of hydrogen-bond acceptors (Lipinski definition) is 3. The number of anilines is 1. The van der Waals surface area contributed by atoms with E-state index in [1.165, 1.54) is 6.92 Å². The molecular formula is C16H16ClNO3. The maximum absolute atomic E-state index is 10.7. The Kier molecular flexibility index (Phi) is 5.06. The van der Waals surface area contributed by atoms with Crippen molar-refractivity contribution in [2.24, 2.45) is 0 Å². The van der Waals surface area contributed by atoms with Gasteiger partial charge >= 0.3 is 5.97 Å². The van der Waals surface area contributed by atoms with Crippen LogP contribution in [-0.4, -0.2) is 17.2 Å². The van der Waals surface area contributed by atoms with Crippen LogP contribution in [0.2, 0.25) is 5.02 Å². The zero-order chi connectivity index (χ0) is 15.2. The second kappa shape index (κ2) is 6.99. The number of aliphatic carboxylic acids is 1. The molecule has 2 aromatic rings. The molecule has 0 heterocycles. The Hall–Kier alpha value is -2.20. The Morgan fingerprint density at radius 1 is 1.19 bits per heavy atom. The van der Waals surface area contributed by atoms with E-state index >= 15 is 0 Å². The summed E-state index contributed by atoms with van der Waals surface area (Å²) < 4.78 is 5.27. The Labute approximate surface area is 128 Å². The number of halogens is 1. The van der Waals surface area contributed by atoms with Gasteiger partial charge in [0, 0.05) is 17.3 Å². The minimum atomic E-state index is -0.983. The van der Waals surface area contributed by atoms with E-state index in [9.17, 15) is 4.79 Å². The monoisotopic (exact) mass is 305 g/mol. The molecule has 0 saturated heterocycles. The van der Waals surface area contributed by atoms with Crippen LogP contribution in [0.1, 0.15) is 12.5 Å². The molecule has 1 atom stereocenters. The maximum Gasteiger partial charge on any atom is 0.344 e. The van der Waals surface area contributed by atoms with Gasteiger partial charge in [-0.3, -0.25) is 0 Å². The van der Waals surface area contributed by atoms with Crippen LogP contribution in [0.5, 0.6) is 5.75 Å². The molecule has 1 unspecified atom stereocenters. The van der Waals surface area contributed by atoms with Gasteiger partial charge < -0.3 is 15.2 Å². The lowest BCUT2D eigenvalue weighted by molar-refractivity contribution is -0.144. The molecule has 0 aliphatic rings. The number of benzene rings is 2. The van der Waals surface area contributed by atoms with Crippen LogP contribution in [0, 0.1) is 0 Å². The zero-order valence-corrected chi connectivity index (χ0v) is 12.3. The van der Waals surface area contributed by atoms with Crippen LogP contribution in [0.15, 0.2) is 48.5 Å². The lowest BCUT2D eigenvalue weighted by atomic mass is 10.2. The van der Waals surface area contributed by atoms with Crippen molar-refractivity contribution in [3.8, 4) is 5.75 Å². The van der Waals surface area contributed by atoms with Crippen LogP contribution in [0.4, 0.5) is 5.69 Å². The van der Waals surface area contributed by atoms with Crippen LogP contribution in [0.25, 0.3) is 0 Å². The first kappa shape index (κ1) is 15.2. The predicted molar refractivity (Wildman–Crippen MR) is 82.9 cm³/mol. The number of carboxylic acid groups (broad SMARTS) is 1. The summed E-state index contributed by atoms with van der Waals surface area (Å²) in [5.74, 6) is -0.441. The average Bonchev–Trinajstić information content (AvgIpc) is 2.48. The predicted octanol–water partition coefficient (Wildman–Crippen LogP) is 3.80. The van der Waals surface area contributed by atoms with Gasteiger partial charge in [0.15, 0.2) is 6.10 Å². The summed E-state index contributed by atoms with van der Waals surface area (Å²) in [6.07, 6.45) is -0.858. The maximum atomic E-state index is 10.7. The van der Waals surface area contributed by atoms with Crippen LogP contribution >= 0.6 is 11.6 Å². The molecule has 0 fully saturated rings. The van der Waals surface area contributed by atoms with Crippen LogP contribution < -0.4 is 10.1 Å². The third kappa shape index (κ3) is 4.68. The fraction of sp³-hybridized carbons (Fsp3) is 0.188. The number of ether oxygens (including phenoxy) is 1. The smallest absolute Gasteiger partial charge is 0.344 e. The molecule has 0 radical (unpaired) electrons. The fourth-order valence-corrected chi connectivity index (χ4v) is 1.84. The fourth-order valence-electron chi connectivity index (χ4n) is 1.71. The van der Waals surface area contributed by atoms with Gasteiger partial charge in [-0.2, -0.15) is 0 Å². The Morgan fingerprint density at radius 2 is 1.81 bits per heavy atom. The van der Waals surface area contributed by atoms with Crippen molar-refractivity contribution < 1.29 is 14.6 Å². The van der Waals surface area contributed by atoms with Gasteiger partial charge in [0.25, 0.3) is 0 Å². The van der Waals surface area contributed by atoms with E-state index in [-0.39, 0.29) is 0 Å². The third-order valence-electron chi connectivity index (χ3n) is 2.92. The van der Waals surface area contributed by atoms with Gasteiger partial charge in [0.2, 0.25) is 0 Å². The highest BCUT2D eigenvalue weighted by Gasteiger charge is 2.11. The van der Waals surface area contributed by atoms with Gasteiger partial charge in [-0.25, -0.2) is 4.79 Å². The van der Waals surface area contributed by atoms with Crippen molar-refractivity contribution in [2.45, 2.75) is 19.6 Å². The molecule has 5 heteroatoms. The largest absolute Gasteiger partial charge is 0.479 e. The Morgan fingerprint density at radius 3 is 2.38 bits per heavy atom. The number of nitrogens with one attached hydrogen (secondary N) is 1. The molecule has 0 bridgehead atoms. The van der Waals surface area contributed by atoms with E-state index in [2.05, 4.69) is 5.32 Å². The molecule has 2 rings (SSSR count). The summed E-state index contributed by atoms with van der Waals surface area (Å²) >= 11 is 5.83. The van der Waals surface area contributed by atoms with Crippen molar-refractivity contribution in [3.05, 3.63) is 59.1 Å². The molecule has 4 nitrogen and oxygen atoms in total. The van der Waals surface area contributed by atoms with Crippen molar-refractivity contribution in [1.82, 2.24) is 0 Å². The van der Waals surface area contributed by atoms with Crippen molar-refractivity contribution in [2.75, 3.05) is 5.32 Å². The quantitative estimate of drug-likeness (QED) is 0.852. The van der Waals surface area contributed by atoms with E-state index < -0.39 is 12.1 Å². The molecule has 0 aromatic heterocycles. The summed E-state index contributed by atoms with van der Waals surface area (Å²) in [5, 5.41) is 12.8. The molecule has 2 aromatic carbocycles. The third-order valence-corrected chi connectivity index (χ3v) is 3.18. The minimum absolute atomic E-state index is 0.542. The zero-order valence-electron chi connectivity index (χ0n) is 11.5. The van der Waals surface area contributed by atoms with E-state index in [1.54, 1.807) is 12.1 Å². The van der Waals surface area contributed by atoms with Crippen molar-refractivity contribution >= 4 is 23.3 Å². The second-order valence-corrected chi connectivity index (χ2v) is 5.04. The molecule has 0 aliphatic heterocycles. The molecular weight excluding hydrogens is 290 g/mol. The number of carboxylic acids is 1. The first-order chi connectivity index (χ1) is 10.0. The molecule has 0 amide bonds. The highest BCUT2D eigenvalue weighted by Crippen LogP contribution is 2.17. The van der Waals surface area contributed by atoms with E-state index in [4.69, 9.17) is 21.4 Å². The van der Waals surface area contributed by atoms with Gasteiger partial charge in [-0.1, -0.05) is 23.7 Å². The van der Waals surface area contributed by atoms with Gasteiger partial charge in [-0.05, 0) is 48.9 Å². The van der Waals surface area contributed by atoms with Gasteiger partial charge in [-0.15, -0.1) is 0 Å². The van der Waals surface area contributed by atoms with Crippen molar-refractivity contribution in [1.29, 1.82) is 0 Å². The van der Waals surface area contributed by atoms with Crippen molar-refractivity contribution in [3.63, 3.8) is 0 Å². The molecule has 0 saturated carbocycles. The summed E-state index contributed by atoms with van der Waals surface area (Å²) in [6.45, 7) is 2.16. The highest BCUT2D eigenvalue weighted by molar-refractivity contribution is 6.30. The second-order valence-electron chi connectivity index (χ2n) is 4.60. The SMILES string of the molecule is CC(Oc1ccc(CNc2ccc(Cl)cc2)cc1)C(=O)O. The highest BCUT2D eigenvalue weighted by atomic mass is 35.5. The molecule has 21 heavy (non-hydrogen) atoms. The standard InChI is InChI=1S/C16H16ClNO3/c1-11(16(19)20)21-15-8-2-12(3-9-15)10-18-14-6-4-13(17)5-7-14/h2-9,11,18H,10H2,1H3,(H,19,20). The first-order valence-electron chi connectivity index (χ1n) is 6.52. The molecule has 2 N–H and O–H groups in total. The van der Waals surface area contributed by atoms with Crippen LogP contribution in [0.3, 0.4) is 0 Å². The van der Waals surface area contributed by atoms with Crippen LogP contribution in [-0.2, 0) is 11.3 Å². The Balaban J connectivity index is 1.90. The summed E-state index contributed by atoms with van der Waals surface area (Å²) in [5.41, 5.74) is 2.06. The topological polar surface area (TPSA) is 58.6 Å². The lowest BCUT2D eigenvalue weighted by Gasteiger charge is -2.11. The number of rotatable bonds is 6. The Bertz CT molecular complexity index is 596. The molecule has 110 valence electrons. The van der Waals surface area contributed by atoms with E-state index in [1.807, 2.05) is 36.4 Å². The molecule has 0 spiro atoms. The number of carbonyl (C=O) groups is 1.